The summed E-state index contributed by atoms with van der Waals surface area (Å²) in [6.07, 6.45) is 8.60. The van der Waals surface area contributed by atoms with Crippen LogP contribution in [0.3, 0.4) is 0 Å². The number of benzene rings is 4. The number of ether oxygens (including phenoxy) is 2. The van der Waals surface area contributed by atoms with Gasteiger partial charge < -0.3 is 9.47 Å². The fraction of sp³-hybridized carbons (Fsp3) is 0.211. The Balaban J connectivity index is 1.19. The van der Waals surface area contributed by atoms with E-state index in [0.717, 1.165) is 57.6 Å². The van der Waals surface area contributed by atoms with Crippen molar-refractivity contribution in [3.05, 3.63) is 144 Å². The Bertz CT molecular complexity index is 1500. The molecule has 0 spiro atoms. The van der Waals surface area contributed by atoms with E-state index in [1.54, 1.807) is 0 Å². The topological polar surface area (TPSA) is 43.2 Å². The largest absolute Gasteiger partial charge is 0.489 e. The zero-order valence-electron chi connectivity index (χ0n) is 25.4. The highest BCUT2D eigenvalue weighted by atomic mass is 31.1. The third-order valence-electron chi connectivity index (χ3n) is 6.82. The summed E-state index contributed by atoms with van der Waals surface area (Å²) in [6.45, 7) is 16.1. The van der Waals surface area contributed by atoms with Gasteiger partial charge in [0.15, 0.2) is 0 Å². The lowest BCUT2D eigenvalue weighted by Crippen LogP contribution is -2.19. The lowest BCUT2D eigenvalue weighted by atomic mass is 9.97. The molecule has 0 heterocycles. The van der Waals surface area contributed by atoms with Gasteiger partial charge in [-0.1, -0.05) is 87.7 Å². The molecular formula is C38H41N2O2P. The predicted octanol–water partition coefficient (Wildman–Crippen LogP) is 9.72. The maximum atomic E-state index is 5.93. The molecule has 0 amide bonds. The highest BCUT2D eigenvalue weighted by Crippen LogP contribution is 2.39. The summed E-state index contributed by atoms with van der Waals surface area (Å²) >= 11 is 0. The number of hydrogen-bond donors (Lipinski definition) is 0. The van der Waals surface area contributed by atoms with Crippen LogP contribution in [0, 0.1) is 5.41 Å². The van der Waals surface area contributed by atoms with Crippen LogP contribution in [0.2, 0.25) is 0 Å². The molecular weight excluding hydrogens is 547 g/mol. The predicted molar refractivity (Wildman–Crippen MR) is 186 cm³/mol. The van der Waals surface area contributed by atoms with E-state index < -0.39 is 8.07 Å². The Morgan fingerprint density at radius 3 is 1.49 bits per heavy atom. The first-order valence-electron chi connectivity index (χ1n) is 14.5. The Morgan fingerprint density at radius 2 is 1.05 bits per heavy atom. The normalized spacial score (nSPS) is 12.3. The summed E-state index contributed by atoms with van der Waals surface area (Å²) in [5.41, 5.74) is 6.66. The van der Waals surface area contributed by atoms with Gasteiger partial charge in [-0.25, -0.2) is 0 Å². The molecule has 1 unspecified atom stereocenters. The van der Waals surface area contributed by atoms with Crippen LogP contribution in [0.1, 0.15) is 47.2 Å². The molecule has 5 heteroatoms. The molecule has 0 saturated carbocycles. The molecule has 0 aromatic heterocycles. The number of aliphatic imine (C=N–C) groups is 1. The minimum atomic E-state index is -0.507. The summed E-state index contributed by atoms with van der Waals surface area (Å²) in [4.78, 5) is 4.75. The zero-order valence-corrected chi connectivity index (χ0v) is 26.3. The summed E-state index contributed by atoms with van der Waals surface area (Å²) in [6, 6.07) is 32.6. The van der Waals surface area contributed by atoms with Gasteiger partial charge in [-0.05, 0) is 100 Å². The van der Waals surface area contributed by atoms with Gasteiger partial charge >= 0.3 is 0 Å². The molecule has 1 atom stereocenters. The van der Waals surface area contributed by atoms with E-state index in [9.17, 15) is 0 Å². The third-order valence-corrected chi connectivity index (χ3v) is 8.65. The average Bonchev–Trinajstić information content (AvgIpc) is 3.03. The van der Waals surface area contributed by atoms with Crippen LogP contribution in [0.15, 0.2) is 120 Å². The Labute approximate surface area is 258 Å². The second-order valence-corrected chi connectivity index (χ2v) is 13.2. The summed E-state index contributed by atoms with van der Waals surface area (Å²) in [5.74, 6) is 1.69. The standard InChI is InChI=1S/C38H41N2O2P/c1-6-30-8-12-34(13-9-30)26-41-36-20-16-32(17-21-36)24-39-28-38(3,4)29-43(5)40-25-33-18-22-37(23-19-33)42-27-35-14-10-31(7-2)11-15-35/h6-25H,1-2,26-29H2,3-5H3/b39-24+,40-25+. The van der Waals surface area contributed by atoms with E-state index in [2.05, 4.69) is 70.1 Å². The number of nitrogens with zero attached hydrogens (tertiary/aromatic N) is 2. The Hall–Kier alpha value is -4.27. The molecule has 0 N–H and O–H groups in total. The summed E-state index contributed by atoms with van der Waals surface area (Å²) < 4.78 is 16.7. The molecule has 0 aliphatic rings. The average molecular weight is 589 g/mol. The minimum Gasteiger partial charge on any atom is -0.489 e. The summed E-state index contributed by atoms with van der Waals surface area (Å²) in [7, 11) is -0.507. The van der Waals surface area contributed by atoms with Crippen molar-refractivity contribution in [2.24, 2.45) is 15.2 Å². The molecule has 4 nitrogen and oxygen atoms in total. The molecule has 0 radical (unpaired) electrons. The first kappa shape index (κ1) is 31.7. The second kappa shape index (κ2) is 15.8. The van der Waals surface area contributed by atoms with Crippen LogP contribution >= 0.6 is 8.07 Å². The van der Waals surface area contributed by atoms with Gasteiger partial charge in [0, 0.05) is 27.0 Å². The molecule has 43 heavy (non-hydrogen) atoms. The molecule has 4 aromatic rings. The van der Waals surface area contributed by atoms with Crippen molar-refractivity contribution in [3.8, 4) is 11.5 Å². The lowest BCUT2D eigenvalue weighted by Gasteiger charge is -2.24. The number of hydrogen-bond acceptors (Lipinski definition) is 4. The van der Waals surface area contributed by atoms with Crippen molar-refractivity contribution in [2.75, 3.05) is 19.4 Å². The van der Waals surface area contributed by atoms with Crippen LogP contribution < -0.4 is 9.47 Å². The molecule has 4 aromatic carbocycles. The molecule has 0 aliphatic carbocycles. The fourth-order valence-corrected chi connectivity index (χ4v) is 6.16. The van der Waals surface area contributed by atoms with Gasteiger partial charge in [-0.2, -0.15) is 0 Å². The Morgan fingerprint density at radius 1 is 0.628 bits per heavy atom. The molecule has 0 bridgehead atoms. The molecule has 4 rings (SSSR count). The maximum Gasteiger partial charge on any atom is 0.119 e. The molecule has 220 valence electrons. The van der Waals surface area contributed by atoms with E-state index in [-0.39, 0.29) is 5.41 Å². The van der Waals surface area contributed by atoms with Gasteiger partial charge in [0.2, 0.25) is 0 Å². The summed E-state index contributed by atoms with van der Waals surface area (Å²) in [5, 5.41) is 0. The third kappa shape index (κ3) is 10.8. The van der Waals surface area contributed by atoms with Crippen molar-refractivity contribution in [2.45, 2.75) is 27.1 Å². The van der Waals surface area contributed by atoms with Crippen LogP contribution in [-0.2, 0) is 13.2 Å². The molecule has 0 aliphatic heterocycles. The SMILES string of the molecule is C=Cc1ccc(COc2ccc(/C=N/CC(C)(C)CP(C)/N=C/c3ccc(OCc4ccc(C=C)cc4)cc3)cc2)cc1. The van der Waals surface area contributed by atoms with Crippen molar-refractivity contribution in [3.63, 3.8) is 0 Å². The van der Waals surface area contributed by atoms with Crippen LogP contribution in [0.25, 0.3) is 12.2 Å². The first-order valence-corrected chi connectivity index (χ1v) is 16.4. The monoisotopic (exact) mass is 588 g/mol. The first-order chi connectivity index (χ1) is 20.8. The quantitative estimate of drug-likeness (QED) is 0.102. The smallest absolute Gasteiger partial charge is 0.119 e. The van der Waals surface area contributed by atoms with Crippen molar-refractivity contribution >= 4 is 32.7 Å². The van der Waals surface area contributed by atoms with E-state index in [1.165, 1.54) is 0 Å². The van der Waals surface area contributed by atoms with Crippen LogP contribution in [-0.4, -0.2) is 31.8 Å². The maximum absolute atomic E-state index is 5.93. The molecule has 0 saturated heterocycles. The second-order valence-electron chi connectivity index (χ2n) is 11.3. The van der Waals surface area contributed by atoms with Gasteiger partial charge in [0.05, 0.1) is 0 Å². The van der Waals surface area contributed by atoms with Crippen molar-refractivity contribution < 1.29 is 9.47 Å². The minimum absolute atomic E-state index is 0.0556. The van der Waals surface area contributed by atoms with Gasteiger partial charge in [-0.15, -0.1) is 0 Å². The van der Waals surface area contributed by atoms with Gasteiger partial charge in [0.1, 0.15) is 24.7 Å². The van der Waals surface area contributed by atoms with Gasteiger partial charge in [-0.3, -0.25) is 9.76 Å². The van der Waals surface area contributed by atoms with E-state index >= 15 is 0 Å². The Kier molecular flexibility index (Phi) is 11.6. The van der Waals surface area contributed by atoms with Crippen molar-refractivity contribution in [1.29, 1.82) is 0 Å². The fourth-order valence-electron chi connectivity index (χ4n) is 4.41. The number of rotatable bonds is 15. The van der Waals surface area contributed by atoms with Gasteiger partial charge in [0.25, 0.3) is 0 Å². The van der Waals surface area contributed by atoms with E-state index in [1.807, 2.05) is 85.2 Å². The van der Waals surface area contributed by atoms with E-state index in [4.69, 9.17) is 19.2 Å². The van der Waals surface area contributed by atoms with E-state index in [0.29, 0.717) is 13.2 Å². The highest BCUT2D eigenvalue weighted by Gasteiger charge is 2.20. The van der Waals surface area contributed by atoms with Crippen LogP contribution in [0.4, 0.5) is 0 Å². The molecule has 0 fully saturated rings. The van der Waals surface area contributed by atoms with Crippen molar-refractivity contribution in [1.82, 2.24) is 0 Å². The van der Waals surface area contributed by atoms with Crippen LogP contribution in [0.5, 0.6) is 11.5 Å². The zero-order chi connectivity index (χ0) is 30.5. The lowest BCUT2D eigenvalue weighted by molar-refractivity contribution is 0.306. The highest BCUT2D eigenvalue weighted by molar-refractivity contribution is 7.55.